The van der Waals surface area contributed by atoms with Gasteiger partial charge in [-0.3, -0.25) is 9.69 Å². The molecule has 0 saturated carbocycles. The van der Waals surface area contributed by atoms with Gasteiger partial charge in [0, 0.05) is 6.54 Å². The fourth-order valence-electron chi connectivity index (χ4n) is 1.79. The van der Waals surface area contributed by atoms with Gasteiger partial charge in [0.25, 0.3) is 0 Å². The maximum Gasteiger partial charge on any atom is 0.311 e. The standard InChI is InChI=1S/C17H35NO2/c1-7-9-11-18(12-10-8-2)13-14-20-16(19)17(5,6)15(3)4/h15H,7-14H2,1-6H3. The zero-order chi connectivity index (χ0) is 15.6. The highest BCUT2D eigenvalue weighted by Gasteiger charge is 2.32. The van der Waals surface area contributed by atoms with Gasteiger partial charge in [-0.1, -0.05) is 40.5 Å². The van der Waals surface area contributed by atoms with Crippen LogP contribution in [0.4, 0.5) is 0 Å². The van der Waals surface area contributed by atoms with Gasteiger partial charge in [0.1, 0.15) is 6.61 Å². The maximum atomic E-state index is 12.1. The first kappa shape index (κ1) is 19.4. The predicted molar refractivity (Wildman–Crippen MR) is 85.8 cm³/mol. The molecule has 0 aromatic carbocycles. The van der Waals surface area contributed by atoms with Gasteiger partial charge in [-0.2, -0.15) is 0 Å². The van der Waals surface area contributed by atoms with E-state index in [0.29, 0.717) is 12.5 Å². The van der Waals surface area contributed by atoms with Crippen LogP contribution in [0.2, 0.25) is 0 Å². The first-order valence-corrected chi connectivity index (χ1v) is 8.25. The van der Waals surface area contributed by atoms with Crippen LogP contribution in [0.3, 0.4) is 0 Å². The quantitative estimate of drug-likeness (QED) is 0.535. The van der Waals surface area contributed by atoms with E-state index in [1.165, 1.54) is 25.7 Å². The van der Waals surface area contributed by atoms with Crippen molar-refractivity contribution in [3.05, 3.63) is 0 Å². The second-order valence-electron chi connectivity index (χ2n) is 6.56. The molecule has 120 valence electrons. The number of ether oxygens (including phenoxy) is 1. The molecule has 0 aliphatic carbocycles. The number of unbranched alkanes of at least 4 members (excludes halogenated alkanes) is 2. The smallest absolute Gasteiger partial charge is 0.311 e. The molecule has 0 spiro atoms. The van der Waals surface area contributed by atoms with Crippen molar-refractivity contribution in [2.45, 2.75) is 67.2 Å². The molecule has 0 aromatic heterocycles. The molecule has 0 rings (SSSR count). The Bertz CT molecular complexity index is 254. The number of carbonyl (C=O) groups excluding carboxylic acids is 1. The second kappa shape index (κ2) is 10.2. The lowest BCUT2D eigenvalue weighted by molar-refractivity contribution is -0.156. The Morgan fingerprint density at radius 2 is 1.55 bits per heavy atom. The molecule has 0 aromatic rings. The summed E-state index contributed by atoms with van der Waals surface area (Å²) in [6.07, 6.45) is 4.86. The fraction of sp³-hybridized carbons (Fsp3) is 0.941. The van der Waals surface area contributed by atoms with E-state index in [9.17, 15) is 4.79 Å². The molecule has 0 unspecified atom stereocenters. The molecule has 20 heavy (non-hydrogen) atoms. The minimum atomic E-state index is -0.391. The van der Waals surface area contributed by atoms with E-state index in [1.807, 2.05) is 13.8 Å². The highest BCUT2D eigenvalue weighted by Crippen LogP contribution is 2.27. The zero-order valence-electron chi connectivity index (χ0n) is 14.5. The van der Waals surface area contributed by atoms with Gasteiger partial charge in [0.15, 0.2) is 0 Å². The van der Waals surface area contributed by atoms with Gasteiger partial charge >= 0.3 is 5.97 Å². The van der Waals surface area contributed by atoms with Crippen molar-refractivity contribution in [2.24, 2.45) is 11.3 Å². The number of esters is 1. The van der Waals surface area contributed by atoms with Crippen LogP contribution in [0.5, 0.6) is 0 Å². The van der Waals surface area contributed by atoms with Crippen molar-refractivity contribution in [3.63, 3.8) is 0 Å². The molecule has 0 bridgehead atoms. The summed E-state index contributed by atoms with van der Waals surface area (Å²) in [5.41, 5.74) is -0.391. The molecule has 0 aliphatic heterocycles. The second-order valence-corrected chi connectivity index (χ2v) is 6.56. The van der Waals surface area contributed by atoms with E-state index in [-0.39, 0.29) is 5.97 Å². The van der Waals surface area contributed by atoms with Gasteiger partial charge in [0.05, 0.1) is 5.41 Å². The monoisotopic (exact) mass is 285 g/mol. The molecular weight excluding hydrogens is 250 g/mol. The number of hydrogen-bond donors (Lipinski definition) is 0. The Hall–Kier alpha value is -0.570. The number of hydrogen-bond acceptors (Lipinski definition) is 3. The molecule has 0 atom stereocenters. The minimum absolute atomic E-state index is 0.0709. The SMILES string of the molecule is CCCCN(CCCC)CCOC(=O)C(C)(C)C(C)C. The molecule has 0 fully saturated rings. The summed E-state index contributed by atoms with van der Waals surface area (Å²) < 4.78 is 5.48. The molecule has 3 heteroatoms. The van der Waals surface area contributed by atoms with E-state index < -0.39 is 5.41 Å². The van der Waals surface area contributed by atoms with E-state index in [0.717, 1.165) is 19.6 Å². The van der Waals surface area contributed by atoms with Crippen LogP contribution >= 0.6 is 0 Å². The third kappa shape index (κ3) is 7.28. The summed E-state index contributed by atoms with van der Waals surface area (Å²) in [6, 6.07) is 0. The Morgan fingerprint density at radius 1 is 1.05 bits per heavy atom. The van der Waals surface area contributed by atoms with Crippen molar-refractivity contribution >= 4 is 5.97 Å². The van der Waals surface area contributed by atoms with E-state index >= 15 is 0 Å². The lowest BCUT2D eigenvalue weighted by atomic mass is 9.81. The van der Waals surface area contributed by atoms with Crippen LogP contribution in [-0.4, -0.2) is 37.1 Å². The molecule has 0 saturated heterocycles. The molecule has 0 N–H and O–H groups in total. The third-order valence-corrected chi connectivity index (χ3v) is 4.27. The molecule has 0 amide bonds. The summed E-state index contributed by atoms with van der Waals surface area (Å²) in [7, 11) is 0. The van der Waals surface area contributed by atoms with Gasteiger partial charge in [0.2, 0.25) is 0 Å². The normalized spacial score (nSPS) is 12.2. The van der Waals surface area contributed by atoms with Crippen LogP contribution in [0.15, 0.2) is 0 Å². The zero-order valence-corrected chi connectivity index (χ0v) is 14.5. The Balaban J connectivity index is 4.11. The van der Waals surface area contributed by atoms with Crippen molar-refractivity contribution in [1.82, 2.24) is 4.90 Å². The first-order valence-electron chi connectivity index (χ1n) is 8.25. The average Bonchev–Trinajstić information content (AvgIpc) is 2.40. The highest BCUT2D eigenvalue weighted by atomic mass is 16.5. The molecule has 3 nitrogen and oxygen atoms in total. The number of carbonyl (C=O) groups is 1. The highest BCUT2D eigenvalue weighted by molar-refractivity contribution is 5.76. The molecular formula is C17H35NO2. The van der Waals surface area contributed by atoms with Crippen LogP contribution in [0.1, 0.15) is 67.2 Å². The Labute approximate surface area is 126 Å². The molecule has 0 radical (unpaired) electrons. The maximum absolute atomic E-state index is 12.1. The Morgan fingerprint density at radius 3 is 1.95 bits per heavy atom. The van der Waals surface area contributed by atoms with Crippen molar-refractivity contribution in [1.29, 1.82) is 0 Å². The summed E-state index contributed by atoms with van der Waals surface area (Å²) >= 11 is 0. The van der Waals surface area contributed by atoms with Crippen molar-refractivity contribution in [2.75, 3.05) is 26.2 Å². The largest absolute Gasteiger partial charge is 0.464 e. The summed E-state index contributed by atoms with van der Waals surface area (Å²) in [4.78, 5) is 14.5. The van der Waals surface area contributed by atoms with Gasteiger partial charge in [-0.15, -0.1) is 0 Å². The van der Waals surface area contributed by atoms with E-state index in [2.05, 4.69) is 32.6 Å². The van der Waals surface area contributed by atoms with E-state index in [4.69, 9.17) is 4.74 Å². The average molecular weight is 285 g/mol. The van der Waals surface area contributed by atoms with Crippen LogP contribution in [-0.2, 0) is 9.53 Å². The van der Waals surface area contributed by atoms with Crippen molar-refractivity contribution in [3.8, 4) is 0 Å². The summed E-state index contributed by atoms with van der Waals surface area (Å²) in [6.45, 7) is 16.1. The third-order valence-electron chi connectivity index (χ3n) is 4.27. The fourth-order valence-corrected chi connectivity index (χ4v) is 1.79. The minimum Gasteiger partial charge on any atom is -0.464 e. The lowest BCUT2D eigenvalue weighted by Crippen LogP contribution is -2.35. The number of nitrogens with zero attached hydrogens (tertiary/aromatic N) is 1. The first-order chi connectivity index (χ1) is 9.36. The van der Waals surface area contributed by atoms with E-state index in [1.54, 1.807) is 0 Å². The van der Waals surface area contributed by atoms with Crippen LogP contribution in [0, 0.1) is 11.3 Å². The number of rotatable bonds is 11. The molecule has 0 aliphatic rings. The van der Waals surface area contributed by atoms with Gasteiger partial charge < -0.3 is 4.74 Å². The summed E-state index contributed by atoms with van der Waals surface area (Å²) in [5, 5.41) is 0. The van der Waals surface area contributed by atoms with Crippen molar-refractivity contribution < 1.29 is 9.53 Å². The van der Waals surface area contributed by atoms with Gasteiger partial charge in [-0.25, -0.2) is 0 Å². The van der Waals surface area contributed by atoms with Gasteiger partial charge in [-0.05, 0) is 45.7 Å². The molecule has 0 heterocycles. The summed E-state index contributed by atoms with van der Waals surface area (Å²) in [5.74, 6) is 0.227. The predicted octanol–water partition coefficient (Wildman–Crippen LogP) is 4.11. The van der Waals surface area contributed by atoms with Crippen LogP contribution < -0.4 is 0 Å². The lowest BCUT2D eigenvalue weighted by Gasteiger charge is -2.27. The topological polar surface area (TPSA) is 29.5 Å². The van der Waals surface area contributed by atoms with Crippen LogP contribution in [0.25, 0.3) is 0 Å². The Kier molecular flexibility index (Phi) is 9.91.